The van der Waals surface area contributed by atoms with Crippen LogP contribution in [0.3, 0.4) is 0 Å². The number of nitrogens with one attached hydrogen (secondary N) is 1. The predicted molar refractivity (Wildman–Crippen MR) is 131 cm³/mol. The van der Waals surface area contributed by atoms with Gasteiger partial charge in [-0.3, -0.25) is 4.79 Å². The van der Waals surface area contributed by atoms with Crippen LogP contribution in [-0.2, 0) is 14.8 Å². The second kappa shape index (κ2) is 10.3. The Morgan fingerprint density at radius 3 is 2.37 bits per heavy atom. The molecule has 0 spiro atoms. The molecule has 9 heteroatoms. The first-order valence-electron chi connectivity index (χ1n) is 11.3. The third kappa shape index (κ3) is 5.67. The van der Waals surface area contributed by atoms with Crippen LogP contribution in [0, 0.1) is 31.1 Å². The summed E-state index contributed by atoms with van der Waals surface area (Å²) in [5.41, 5.74) is 3.26. The van der Waals surface area contributed by atoms with E-state index in [1.807, 2.05) is 38.1 Å². The highest BCUT2D eigenvalue weighted by atomic mass is 32.2. The summed E-state index contributed by atoms with van der Waals surface area (Å²) >= 11 is 0. The summed E-state index contributed by atoms with van der Waals surface area (Å²) in [7, 11) is -3.66. The third-order valence-electron chi connectivity index (χ3n) is 6.15. The van der Waals surface area contributed by atoms with Crippen molar-refractivity contribution in [3.05, 3.63) is 77.5 Å². The summed E-state index contributed by atoms with van der Waals surface area (Å²) in [5, 5.41) is 11.8. The second-order valence-electron chi connectivity index (χ2n) is 8.54. The zero-order valence-electron chi connectivity index (χ0n) is 19.6. The van der Waals surface area contributed by atoms with Gasteiger partial charge in [0.25, 0.3) is 0 Å². The number of carbonyl (C=O) groups excluding carboxylic acids is 1. The van der Waals surface area contributed by atoms with Crippen molar-refractivity contribution < 1.29 is 17.9 Å². The average molecular weight is 491 g/mol. The average Bonchev–Trinajstić information content (AvgIpc) is 2.87. The molecule has 0 atom stereocenters. The van der Waals surface area contributed by atoms with Gasteiger partial charge in [-0.2, -0.15) is 9.57 Å². The summed E-state index contributed by atoms with van der Waals surface area (Å²) < 4.78 is 32.9. The van der Waals surface area contributed by atoms with Gasteiger partial charge in [0.05, 0.1) is 28.4 Å². The van der Waals surface area contributed by atoms with E-state index in [4.69, 9.17) is 10.00 Å². The molecule has 1 aliphatic heterocycles. The maximum atomic E-state index is 12.9. The third-order valence-corrected chi connectivity index (χ3v) is 8.06. The molecule has 2 heterocycles. The molecule has 0 radical (unpaired) electrons. The van der Waals surface area contributed by atoms with Crippen LogP contribution in [0.4, 0.5) is 5.69 Å². The number of sulfonamides is 1. The van der Waals surface area contributed by atoms with E-state index in [0.29, 0.717) is 35.7 Å². The number of carbonyl (C=O) groups is 1. The molecule has 2 aromatic carbocycles. The van der Waals surface area contributed by atoms with Crippen LogP contribution < -0.4 is 10.1 Å². The molecule has 35 heavy (non-hydrogen) atoms. The van der Waals surface area contributed by atoms with E-state index in [-0.39, 0.29) is 29.8 Å². The van der Waals surface area contributed by atoms with Crippen LogP contribution in [0.5, 0.6) is 11.6 Å². The molecule has 3 aromatic rings. The molecule has 1 fully saturated rings. The number of hydrogen-bond acceptors (Lipinski definition) is 6. The van der Waals surface area contributed by atoms with E-state index in [0.717, 1.165) is 5.56 Å². The van der Waals surface area contributed by atoms with Crippen LogP contribution in [0.2, 0.25) is 0 Å². The smallest absolute Gasteiger partial charge is 0.243 e. The maximum absolute atomic E-state index is 12.9. The Bertz CT molecular complexity index is 1360. The first kappa shape index (κ1) is 24.4. The maximum Gasteiger partial charge on any atom is 0.243 e. The summed E-state index contributed by atoms with van der Waals surface area (Å²) in [6.07, 6.45) is 2.38. The molecule has 1 aromatic heterocycles. The lowest BCUT2D eigenvalue weighted by atomic mass is 9.97. The van der Waals surface area contributed by atoms with E-state index in [2.05, 4.69) is 10.3 Å². The number of anilines is 1. The number of amides is 1. The Kier molecular flexibility index (Phi) is 7.15. The normalized spacial score (nSPS) is 14.8. The summed E-state index contributed by atoms with van der Waals surface area (Å²) in [5.74, 6) is 0.659. The molecular weight excluding hydrogens is 464 g/mol. The van der Waals surface area contributed by atoms with E-state index in [1.54, 1.807) is 18.3 Å². The molecule has 4 rings (SSSR count). The quantitative estimate of drug-likeness (QED) is 0.548. The molecule has 1 N–H and O–H groups in total. The lowest BCUT2D eigenvalue weighted by Crippen LogP contribution is -2.41. The lowest BCUT2D eigenvalue weighted by Gasteiger charge is -2.30. The molecule has 0 aliphatic carbocycles. The first-order chi connectivity index (χ1) is 16.8. The molecule has 1 saturated heterocycles. The van der Waals surface area contributed by atoms with Gasteiger partial charge in [-0.05, 0) is 80.3 Å². The Balaban J connectivity index is 1.31. The van der Waals surface area contributed by atoms with E-state index in [9.17, 15) is 13.2 Å². The van der Waals surface area contributed by atoms with Crippen LogP contribution in [0.25, 0.3) is 0 Å². The number of nitrogens with zero attached hydrogens (tertiary/aromatic N) is 3. The largest absolute Gasteiger partial charge is 0.439 e. The highest BCUT2D eigenvalue weighted by molar-refractivity contribution is 7.89. The second-order valence-corrected chi connectivity index (χ2v) is 10.5. The van der Waals surface area contributed by atoms with Crippen LogP contribution in [0.15, 0.2) is 65.7 Å². The number of aromatic nitrogens is 1. The Labute approximate surface area is 205 Å². The minimum atomic E-state index is -3.66. The SMILES string of the molecule is Cc1ccc(Oc2ccc(NC(=O)C3CCN(S(=O)(=O)c4ccc(C#N)cc4)CC3)cn2)cc1C. The van der Waals surface area contributed by atoms with Gasteiger partial charge >= 0.3 is 0 Å². The molecule has 1 aliphatic rings. The highest BCUT2D eigenvalue weighted by Crippen LogP contribution is 2.26. The van der Waals surface area contributed by atoms with Crippen molar-refractivity contribution in [2.45, 2.75) is 31.6 Å². The Morgan fingerprint density at radius 2 is 1.77 bits per heavy atom. The van der Waals surface area contributed by atoms with Gasteiger partial charge in [-0.25, -0.2) is 13.4 Å². The van der Waals surface area contributed by atoms with Crippen molar-refractivity contribution >= 4 is 21.6 Å². The summed E-state index contributed by atoms with van der Waals surface area (Å²) in [6.45, 7) is 4.55. The standard InChI is InChI=1S/C26H26N4O4S/c1-18-3-7-23(15-19(18)2)34-25-10-6-22(17-28-25)29-26(31)21-11-13-30(14-12-21)35(32,33)24-8-4-20(16-27)5-9-24/h3-10,15,17,21H,11-14H2,1-2H3,(H,29,31). The highest BCUT2D eigenvalue weighted by Gasteiger charge is 2.32. The lowest BCUT2D eigenvalue weighted by molar-refractivity contribution is -0.120. The van der Waals surface area contributed by atoms with Crippen molar-refractivity contribution in [2.75, 3.05) is 18.4 Å². The van der Waals surface area contributed by atoms with Crippen LogP contribution in [-0.4, -0.2) is 36.7 Å². The van der Waals surface area contributed by atoms with Crippen LogP contribution >= 0.6 is 0 Å². The molecule has 0 saturated carbocycles. The Hall–Kier alpha value is -3.74. The number of ether oxygens (including phenoxy) is 1. The Morgan fingerprint density at radius 1 is 1.06 bits per heavy atom. The van der Waals surface area contributed by atoms with Gasteiger partial charge in [0, 0.05) is 25.1 Å². The fourth-order valence-electron chi connectivity index (χ4n) is 3.87. The topological polar surface area (TPSA) is 112 Å². The number of nitriles is 1. The van der Waals surface area contributed by atoms with Crippen LogP contribution in [0.1, 0.15) is 29.5 Å². The fraction of sp³-hybridized carbons (Fsp3) is 0.269. The van der Waals surface area contributed by atoms with Crippen molar-refractivity contribution in [1.29, 1.82) is 5.26 Å². The van der Waals surface area contributed by atoms with Gasteiger partial charge in [-0.1, -0.05) is 6.07 Å². The number of benzene rings is 2. The zero-order chi connectivity index (χ0) is 25.0. The van der Waals surface area contributed by atoms with E-state index < -0.39 is 10.0 Å². The van der Waals surface area contributed by atoms with Gasteiger partial charge in [0.15, 0.2) is 0 Å². The molecule has 8 nitrogen and oxygen atoms in total. The van der Waals surface area contributed by atoms with E-state index >= 15 is 0 Å². The van der Waals surface area contributed by atoms with Gasteiger partial charge < -0.3 is 10.1 Å². The van der Waals surface area contributed by atoms with Crippen molar-refractivity contribution in [1.82, 2.24) is 9.29 Å². The molecule has 0 unspecified atom stereocenters. The monoisotopic (exact) mass is 490 g/mol. The minimum absolute atomic E-state index is 0.147. The zero-order valence-corrected chi connectivity index (χ0v) is 20.4. The minimum Gasteiger partial charge on any atom is -0.439 e. The number of aryl methyl sites for hydroxylation is 2. The van der Waals surface area contributed by atoms with Gasteiger partial charge in [0.1, 0.15) is 5.75 Å². The predicted octanol–water partition coefficient (Wildman–Crippen LogP) is 4.40. The van der Waals surface area contributed by atoms with Crippen molar-refractivity contribution in [3.8, 4) is 17.7 Å². The van der Waals surface area contributed by atoms with Crippen molar-refractivity contribution in [3.63, 3.8) is 0 Å². The van der Waals surface area contributed by atoms with Crippen molar-refractivity contribution in [2.24, 2.45) is 5.92 Å². The molecule has 0 bridgehead atoms. The number of hydrogen-bond donors (Lipinski definition) is 1. The number of piperidine rings is 1. The summed E-state index contributed by atoms with van der Waals surface area (Å²) in [6, 6.07) is 17.1. The first-order valence-corrected chi connectivity index (χ1v) is 12.7. The fourth-order valence-corrected chi connectivity index (χ4v) is 5.34. The van der Waals surface area contributed by atoms with E-state index in [1.165, 1.54) is 34.1 Å². The van der Waals surface area contributed by atoms with Gasteiger partial charge in [-0.15, -0.1) is 0 Å². The molecule has 180 valence electrons. The number of rotatable bonds is 6. The molecular formula is C26H26N4O4S. The molecule has 1 amide bonds. The number of pyridine rings is 1. The summed E-state index contributed by atoms with van der Waals surface area (Å²) in [4.78, 5) is 17.2. The van der Waals surface area contributed by atoms with Gasteiger partial charge in [0.2, 0.25) is 21.8 Å².